The van der Waals surface area contributed by atoms with Crippen molar-refractivity contribution in [2.75, 3.05) is 7.11 Å². The lowest BCUT2D eigenvalue weighted by molar-refractivity contribution is 0.0985. The molecule has 3 aromatic rings. The number of carbonyl (C=O) groups is 1. The number of amides is 1. The van der Waals surface area contributed by atoms with Gasteiger partial charge in [0, 0.05) is 23.1 Å². The predicted octanol–water partition coefficient (Wildman–Crippen LogP) is 2.63. The number of benzene rings is 1. The lowest BCUT2D eigenvalue weighted by atomic mass is 10.0. The van der Waals surface area contributed by atoms with Gasteiger partial charge in [0.2, 0.25) is 12.1 Å². The molecule has 27 heavy (non-hydrogen) atoms. The average molecular weight is 385 g/mol. The monoisotopic (exact) mass is 385 g/mol. The molecule has 4 rings (SSSR count). The second-order valence-corrected chi connectivity index (χ2v) is 7.02. The summed E-state index contributed by atoms with van der Waals surface area (Å²) in [5, 5.41) is 4.94. The summed E-state index contributed by atoms with van der Waals surface area (Å²) in [6, 6.07) is 8.40. The molecule has 138 valence electrons. The van der Waals surface area contributed by atoms with Crippen LogP contribution in [-0.4, -0.2) is 33.5 Å². The SMILES string of the molecule is CCc1cc2c(s1)-n1nc(C(N)=O)nc1C(OC)N=C2c1ccccc1F. The smallest absolute Gasteiger partial charge is 0.288 e. The molecule has 0 bridgehead atoms. The number of rotatable bonds is 4. The number of aryl methyl sites for hydroxylation is 1. The third-order valence-electron chi connectivity index (χ3n) is 4.23. The minimum atomic E-state index is -0.857. The summed E-state index contributed by atoms with van der Waals surface area (Å²) < 4.78 is 21.5. The number of methoxy groups -OCH3 is 1. The Kier molecular flexibility index (Phi) is 4.33. The third-order valence-corrected chi connectivity index (χ3v) is 5.49. The summed E-state index contributed by atoms with van der Waals surface area (Å²) >= 11 is 1.48. The maximum atomic E-state index is 14.5. The van der Waals surface area contributed by atoms with Crippen LogP contribution in [0, 0.1) is 5.82 Å². The van der Waals surface area contributed by atoms with Crippen molar-refractivity contribution >= 4 is 23.0 Å². The van der Waals surface area contributed by atoms with Crippen molar-refractivity contribution in [1.29, 1.82) is 0 Å². The van der Waals surface area contributed by atoms with Crippen molar-refractivity contribution in [3.63, 3.8) is 0 Å². The van der Waals surface area contributed by atoms with Crippen LogP contribution in [0.2, 0.25) is 0 Å². The van der Waals surface area contributed by atoms with Crippen LogP contribution in [0.4, 0.5) is 4.39 Å². The molecule has 1 aromatic carbocycles. The molecular formula is C18H16FN5O2S. The number of nitrogens with zero attached hydrogens (tertiary/aromatic N) is 4. The predicted molar refractivity (Wildman–Crippen MR) is 98.9 cm³/mol. The van der Waals surface area contributed by atoms with Gasteiger partial charge in [0.25, 0.3) is 5.91 Å². The molecule has 1 atom stereocenters. The van der Waals surface area contributed by atoms with E-state index in [0.29, 0.717) is 27.7 Å². The number of thiophene rings is 1. The zero-order chi connectivity index (χ0) is 19.1. The van der Waals surface area contributed by atoms with Gasteiger partial charge >= 0.3 is 0 Å². The summed E-state index contributed by atoms with van der Waals surface area (Å²) in [6.07, 6.45) is -0.0623. The molecule has 9 heteroatoms. The van der Waals surface area contributed by atoms with Crippen LogP contribution >= 0.6 is 11.3 Å². The minimum Gasteiger partial charge on any atom is -0.363 e. The molecule has 0 saturated heterocycles. The molecule has 2 aromatic heterocycles. The fraction of sp³-hybridized carbons (Fsp3) is 0.222. The number of nitrogens with two attached hydrogens (primary N) is 1. The van der Waals surface area contributed by atoms with Crippen LogP contribution in [0.5, 0.6) is 0 Å². The lowest BCUT2D eigenvalue weighted by Crippen LogP contribution is -2.14. The van der Waals surface area contributed by atoms with Crippen LogP contribution in [0.15, 0.2) is 35.3 Å². The van der Waals surface area contributed by atoms with Gasteiger partial charge in [-0.2, -0.15) is 0 Å². The van der Waals surface area contributed by atoms with Gasteiger partial charge in [-0.25, -0.2) is 19.0 Å². The Morgan fingerprint density at radius 2 is 2.15 bits per heavy atom. The molecule has 0 saturated carbocycles. The van der Waals surface area contributed by atoms with E-state index in [0.717, 1.165) is 11.3 Å². The highest BCUT2D eigenvalue weighted by Crippen LogP contribution is 2.35. The standard InChI is InChI=1S/C18H16FN5O2S/c1-3-9-8-11-13(10-6-4-5-7-12(10)19)21-17(26-2)16-22-15(14(20)25)23-24(16)18(11)27-9/h4-8,17H,3H2,1-2H3,(H2,20,25). The Bertz CT molecular complexity index is 1070. The van der Waals surface area contributed by atoms with Gasteiger partial charge < -0.3 is 10.5 Å². The van der Waals surface area contributed by atoms with Gasteiger partial charge in [0.15, 0.2) is 5.82 Å². The van der Waals surface area contributed by atoms with E-state index >= 15 is 0 Å². The average Bonchev–Trinajstić information content (AvgIpc) is 3.26. The number of carbonyl (C=O) groups excluding carboxylic acids is 1. The molecule has 0 aliphatic carbocycles. The van der Waals surface area contributed by atoms with Crippen molar-refractivity contribution in [2.24, 2.45) is 10.7 Å². The second-order valence-electron chi connectivity index (χ2n) is 5.90. The Labute approximate surface area is 158 Å². The van der Waals surface area contributed by atoms with E-state index in [2.05, 4.69) is 15.1 Å². The molecule has 1 aliphatic rings. The van der Waals surface area contributed by atoms with Gasteiger partial charge in [0.1, 0.15) is 10.8 Å². The molecule has 0 spiro atoms. The molecule has 1 aliphatic heterocycles. The molecule has 1 unspecified atom stereocenters. The maximum absolute atomic E-state index is 14.5. The zero-order valence-electron chi connectivity index (χ0n) is 14.6. The fourth-order valence-corrected chi connectivity index (χ4v) is 4.00. The number of fused-ring (bicyclic) bond motifs is 3. The molecule has 3 heterocycles. The topological polar surface area (TPSA) is 95.4 Å². The first-order chi connectivity index (χ1) is 13.0. The Morgan fingerprint density at radius 1 is 1.37 bits per heavy atom. The van der Waals surface area contributed by atoms with E-state index in [1.807, 2.05) is 13.0 Å². The quantitative estimate of drug-likeness (QED) is 0.747. The van der Waals surface area contributed by atoms with Crippen LogP contribution in [0.3, 0.4) is 0 Å². The van der Waals surface area contributed by atoms with Crippen LogP contribution < -0.4 is 5.73 Å². The van der Waals surface area contributed by atoms with E-state index in [1.54, 1.807) is 18.2 Å². The highest BCUT2D eigenvalue weighted by atomic mass is 32.1. The summed E-state index contributed by atoms with van der Waals surface area (Å²) in [6.45, 7) is 2.03. The van der Waals surface area contributed by atoms with Crippen molar-refractivity contribution in [3.8, 4) is 5.00 Å². The van der Waals surface area contributed by atoms with Crippen molar-refractivity contribution in [3.05, 3.63) is 63.8 Å². The van der Waals surface area contributed by atoms with Crippen molar-refractivity contribution < 1.29 is 13.9 Å². The highest BCUT2D eigenvalue weighted by molar-refractivity contribution is 7.15. The summed E-state index contributed by atoms with van der Waals surface area (Å²) in [5.74, 6) is -0.915. The minimum absolute atomic E-state index is 0.117. The first kappa shape index (κ1) is 17.5. The molecule has 2 N–H and O–H groups in total. The number of hydrogen-bond acceptors (Lipinski definition) is 6. The van der Waals surface area contributed by atoms with Gasteiger partial charge in [-0.05, 0) is 24.6 Å². The Hall–Kier alpha value is -2.91. The van der Waals surface area contributed by atoms with Crippen molar-refractivity contribution in [2.45, 2.75) is 19.6 Å². The largest absolute Gasteiger partial charge is 0.363 e. The maximum Gasteiger partial charge on any atom is 0.288 e. The second kappa shape index (κ2) is 6.67. The first-order valence-corrected chi connectivity index (χ1v) is 9.10. The van der Waals surface area contributed by atoms with E-state index in [9.17, 15) is 9.18 Å². The number of hydrogen-bond donors (Lipinski definition) is 1. The molecule has 0 fully saturated rings. The number of aromatic nitrogens is 3. The summed E-state index contributed by atoms with van der Waals surface area (Å²) in [5.41, 5.74) is 6.87. The van der Waals surface area contributed by atoms with Crippen LogP contribution in [-0.2, 0) is 11.2 Å². The van der Waals surface area contributed by atoms with Crippen molar-refractivity contribution in [1.82, 2.24) is 14.8 Å². The highest BCUT2D eigenvalue weighted by Gasteiger charge is 2.31. The number of aliphatic imine (C=N–C) groups is 1. The van der Waals surface area contributed by atoms with E-state index in [-0.39, 0.29) is 11.6 Å². The summed E-state index contributed by atoms with van der Waals surface area (Å²) in [7, 11) is 1.47. The molecule has 1 amide bonds. The molecule has 7 nitrogen and oxygen atoms in total. The van der Waals surface area contributed by atoms with Gasteiger partial charge in [0.05, 0.1) is 5.71 Å². The lowest BCUT2D eigenvalue weighted by Gasteiger charge is -2.10. The van der Waals surface area contributed by atoms with Crippen LogP contribution in [0.25, 0.3) is 5.00 Å². The van der Waals surface area contributed by atoms with E-state index in [1.165, 1.54) is 29.2 Å². The fourth-order valence-electron chi connectivity index (χ4n) is 2.94. The normalized spacial score (nSPS) is 15.7. The zero-order valence-corrected chi connectivity index (χ0v) is 15.5. The Balaban J connectivity index is 2.02. The van der Waals surface area contributed by atoms with E-state index < -0.39 is 12.1 Å². The molecular weight excluding hydrogens is 369 g/mol. The Morgan fingerprint density at radius 3 is 2.81 bits per heavy atom. The van der Waals surface area contributed by atoms with E-state index in [4.69, 9.17) is 10.5 Å². The number of ether oxygens (including phenoxy) is 1. The van der Waals surface area contributed by atoms with Crippen LogP contribution in [0.1, 0.15) is 45.6 Å². The molecule has 0 radical (unpaired) electrons. The van der Waals surface area contributed by atoms with Gasteiger partial charge in [-0.15, -0.1) is 16.4 Å². The van der Waals surface area contributed by atoms with Gasteiger partial charge in [-0.1, -0.05) is 19.1 Å². The number of halogens is 1. The van der Waals surface area contributed by atoms with Gasteiger partial charge in [-0.3, -0.25) is 4.79 Å². The third kappa shape index (κ3) is 2.84. The number of primary amides is 1. The first-order valence-electron chi connectivity index (χ1n) is 8.29. The summed E-state index contributed by atoms with van der Waals surface area (Å²) in [4.78, 5) is 21.5.